The van der Waals surface area contributed by atoms with Crippen LogP contribution in [0.2, 0.25) is 0 Å². The lowest BCUT2D eigenvalue weighted by atomic mass is 9.89. The predicted molar refractivity (Wildman–Crippen MR) is 77.2 cm³/mol. The van der Waals surface area contributed by atoms with Gasteiger partial charge in [-0.3, -0.25) is 4.79 Å². The van der Waals surface area contributed by atoms with Crippen molar-refractivity contribution in [2.24, 2.45) is 5.92 Å². The first-order valence-corrected chi connectivity index (χ1v) is 7.08. The average molecular weight is 292 g/mol. The van der Waals surface area contributed by atoms with Gasteiger partial charge in [0, 0.05) is 17.9 Å². The van der Waals surface area contributed by atoms with Crippen molar-refractivity contribution in [3.05, 3.63) is 23.3 Å². The number of benzene rings is 1. The Labute approximate surface area is 123 Å². The quantitative estimate of drug-likeness (QED) is 0.903. The highest BCUT2D eigenvalue weighted by Crippen LogP contribution is 2.36. The van der Waals surface area contributed by atoms with E-state index in [2.05, 4.69) is 0 Å². The maximum atomic E-state index is 12.2. The Morgan fingerprint density at radius 1 is 1.24 bits per heavy atom. The summed E-state index contributed by atoms with van der Waals surface area (Å²) in [5, 5.41) is 9.24. The number of methoxy groups -OCH3 is 1. The van der Waals surface area contributed by atoms with Gasteiger partial charge < -0.3 is 14.6 Å². The van der Waals surface area contributed by atoms with Crippen molar-refractivity contribution in [2.45, 2.75) is 39.2 Å². The molecule has 0 saturated heterocycles. The fraction of sp³-hybridized carbons (Fsp3) is 0.500. The minimum absolute atomic E-state index is 0.0157. The zero-order valence-electron chi connectivity index (χ0n) is 12.5. The van der Waals surface area contributed by atoms with Crippen LogP contribution in [-0.2, 0) is 11.2 Å². The molecule has 1 aromatic rings. The molecule has 0 saturated carbocycles. The van der Waals surface area contributed by atoms with Gasteiger partial charge in [-0.2, -0.15) is 0 Å². The Morgan fingerprint density at radius 2 is 1.90 bits per heavy atom. The molecule has 1 aromatic carbocycles. The molecule has 0 radical (unpaired) electrons. The highest BCUT2D eigenvalue weighted by molar-refractivity contribution is 6.01. The van der Waals surface area contributed by atoms with Crippen LogP contribution in [0.1, 0.15) is 42.6 Å². The van der Waals surface area contributed by atoms with E-state index in [1.54, 1.807) is 33.1 Å². The lowest BCUT2D eigenvalue weighted by Crippen LogP contribution is -2.33. The third kappa shape index (κ3) is 3.01. The largest absolute Gasteiger partial charge is 0.496 e. The molecule has 1 atom stereocenters. The number of carboxylic acids is 1. The van der Waals surface area contributed by atoms with E-state index in [1.807, 2.05) is 0 Å². The van der Waals surface area contributed by atoms with Gasteiger partial charge in [-0.15, -0.1) is 0 Å². The van der Waals surface area contributed by atoms with Crippen LogP contribution < -0.4 is 9.47 Å². The summed E-state index contributed by atoms with van der Waals surface area (Å²) in [6.07, 6.45) is 0.992. The van der Waals surface area contributed by atoms with Crippen molar-refractivity contribution in [3.63, 3.8) is 0 Å². The Hall–Kier alpha value is -2.04. The first kappa shape index (κ1) is 15.4. The molecule has 0 heterocycles. The molecule has 0 unspecified atom stereocenters. The summed E-state index contributed by atoms with van der Waals surface area (Å²) in [7, 11) is 1.56. The number of hydrogen-bond donors (Lipinski definition) is 1. The van der Waals surface area contributed by atoms with Crippen molar-refractivity contribution in [3.8, 4) is 11.5 Å². The van der Waals surface area contributed by atoms with Crippen molar-refractivity contribution in [1.82, 2.24) is 0 Å². The maximum absolute atomic E-state index is 12.2. The van der Waals surface area contributed by atoms with Gasteiger partial charge in [0.15, 0.2) is 11.9 Å². The van der Waals surface area contributed by atoms with Crippen molar-refractivity contribution < 1.29 is 24.2 Å². The van der Waals surface area contributed by atoms with E-state index in [1.165, 1.54) is 0 Å². The van der Waals surface area contributed by atoms with Crippen LogP contribution in [0.5, 0.6) is 11.5 Å². The van der Waals surface area contributed by atoms with E-state index in [0.717, 1.165) is 18.4 Å². The van der Waals surface area contributed by atoms with E-state index in [0.29, 0.717) is 23.5 Å². The molecular formula is C16H20O5. The van der Waals surface area contributed by atoms with E-state index in [9.17, 15) is 14.7 Å². The van der Waals surface area contributed by atoms with E-state index >= 15 is 0 Å². The molecule has 2 rings (SSSR count). The molecule has 114 valence electrons. The normalized spacial score (nSPS) is 15.5. The second kappa shape index (κ2) is 6.16. The van der Waals surface area contributed by atoms with E-state index < -0.39 is 12.1 Å². The van der Waals surface area contributed by atoms with Crippen molar-refractivity contribution in [1.29, 1.82) is 0 Å². The van der Waals surface area contributed by atoms with Crippen LogP contribution in [0.25, 0.3) is 0 Å². The lowest BCUT2D eigenvalue weighted by Gasteiger charge is -2.24. The highest BCUT2D eigenvalue weighted by Gasteiger charge is 2.29. The molecule has 1 N–H and O–H groups in total. The number of hydrogen-bond acceptors (Lipinski definition) is 4. The van der Waals surface area contributed by atoms with Crippen molar-refractivity contribution >= 4 is 11.8 Å². The van der Waals surface area contributed by atoms with Crippen LogP contribution >= 0.6 is 0 Å². The minimum Gasteiger partial charge on any atom is -0.496 e. The molecule has 0 amide bonds. The number of fused-ring (bicyclic) bond motifs is 1. The second-order valence-corrected chi connectivity index (χ2v) is 5.52. The smallest absolute Gasteiger partial charge is 0.345 e. The van der Waals surface area contributed by atoms with Gasteiger partial charge in [0.2, 0.25) is 0 Å². The Bertz CT molecular complexity index is 562. The van der Waals surface area contributed by atoms with Crippen LogP contribution in [-0.4, -0.2) is 30.1 Å². The van der Waals surface area contributed by atoms with Crippen LogP contribution in [0.3, 0.4) is 0 Å². The molecule has 1 aliphatic carbocycles. The number of ketones is 1. The van der Waals surface area contributed by atoms with Gasteiger partial charge in [0.05, 0.1) is 12.7 Å². The van der Waals surface area contributed by atoms with Crippen LogP contribution in [0.15, 0.2) is 12.1 Å². The summed E-state index contributed by atoms with van der Waals surface area (Å²) >= 11 is 0. The molecule has 5 nitrogen and oxygen atoms in total. The summed E-state index contributed by atoms with van der Waals surface area (Å²) in [6.45, 7) is 3.55. The third-order valence-electron chi connectivity index (χ3n) is 3.66. The fourth-order valence-corrected chi connectivity index (χ4v) is 2.61. The number of carbonyl (C=O) groups is 2. The molecule has 0 aliphatic heterocycles. The topological polar surface area (TPSA) is 72.8 Å². The van der Waals surface area contributed by atoms with E-state index in [4.69, 9.17) is 9.47 Å². The van der Waals surface area contributed by atoms with Gasteiger partial charge in [-0.25, -0.2) is 4.79 Å². The molecule has 1 aliphatic rings. The number of ether oxygens (including phenoxy) is 2. The third-order valence-corrected chi connectivity index (χ3v) is 3.66. The Morgan fingerprint density at radius 3 is 2.48 bits per heavy atom. The molecule has 0 bridgehead atoms. The Balaban J connectivity index is 2.45. The van der Waals surface area contributed by atoms with Gasteiger partial charge in [-0.1, -0.05) is 13.8 Å². The first-order valence-electron chi connectivity index (χ1n) is 7.08. The zero-order valence-corrected chi connectivity index (χ0v) is 12.5. The molecular weight excluding hydrogens is 272 g/mol. The summed E-state index contributed by atoms with van der Waals surface area (Å²) in [5.41, 5.74) is 1.30. The van der Waals surface area contributed by atoms with Gasteiger partial charge in [-0.05, 0) is 25.0 Å². The van der Waals surface area contributed by atoms with E-state index in [-0.39, 0.29) is 11.7 Å². The zero-order chi connectivity index (χ0) is 15.6. The van der Waals surface area contributed by atoms with Crippen LogP contribution in [0.4, 0.5) is 0 Å². The summed E-state index contributed by atoms with van der Waals surface area (Å²) in [6, 6.07) is 3.35. The number of carboxylic acid groups (broad SMARTS) is 1. The molecule has 0 aromatic heterocycles. The average Bonchev–Trinajstić information content (AvgIpc) is 2.43. The Kier molecular flexibility index (Phi) is 4.50. The highest BCUT2D eigenvalue weighted by atomic mass is 16.5. The number of rotatable bonds is 5. The van der Waals surface area contributed by atoms with Gasteiger partial charge >= 0.3 is 5.97 Å². The van der Waals surface area contributed by atoms with Crippen LogP contribution in [0, 0.1) is 5.92 Å². The number of Topliss-reactive ketones (excluding diaryl/α,β-unsaturated/α-hetero) is 1. The summed E-state index contributed by atoms with van der Waals surface area (Å²) in [4.78, 5) is 23.5. The molecule has 21 heavy (non-hydrogen) atoms. The SMILES string of the molecule is COc1ccc(O[C@H](C(=O)O)C(C)C)c2c1CCCC2=O. The summed E-state index contributed by atoms with van der Waals surface area (Å²) in [5.74, 6) is -0.242. The first-order chi connectivity index (χ1) is 9.95. The van der Waals surface area contributed by atoms with Gasteiger partial charge in [0.25, 0.3) is 0 Å². The predicted octanol–water partition coefficient (Wildman–Crippen LogP) is 2.70. The maximum Gasteiger partial charge on any atom is 0.345 e. The number of carbonyl (C=O) groups excluding carboxylic acids is 1. The molecule has 0 spiro atoms. The molecule has 5 heteroatoms. The lowest BCUT2D eigenvalue weighted by molar-refractivity contribution is -0.147. The molecule has 0 fully saturated rings. The fourth-order valence-electron chi connectivity index (χ4n) is 2.61. The number of aliphatic carboxylic acids is 1. The van der Waals surface area contributed by atoms with Crippen molar-refractivity contribution in [2.75, 3.05) is 7.11 Å². The second-order valence-electron chi connectivity index (χ2n) is 5.52. The minimum atomic E-state index is -1.03. The summed E-state index contributed by atoms with van der Waals surface area (Å²) < 4.78 is 10.9. The van der Waals surface area contributed by atoms with Gasteiger partial charge in [0.1, 0.15) is 11.5 Å². The standard InChI is InChI=1S/C16H20O5/c1-9(2)15(16(18)19)21-13-8-7-12(20-3)10-5-4-6-11(17)14(10)13/h7-9,15H,4-6H2,1-3H3,(H,18,19)/t15-/m0/s1. The monoisotopic (exact) mass is 292 g/mol.